The van der Waals surface area contributed by atoms with Gasteiger partial charge in [-0.3, -0.25) is 14.5 Å². The first-order chi connectivity index (χ1) is 16.7. The van der Waals surface area contributed by atoms with E-state index in [1.807, 2.05) is 48.5 Å². The van der Waals surface area contributed by atoms with Crippen LogP contribution in [-0.4, -0.2) is 42.3 Å². The summed E-state index contributed by atoms with van der Waals surface area (Å²) in [5, 5.41) is 3.09. The van der Waals surface area contributed by atoms with Gasteiger partial charge in [0.05, 0.1) is 0 Å². The van der Waals surface area contributed by atoms with E-state index in [1.54, 1.807) is 24.3 Å². The van der Waals surface area contributed by atoms with Gasteiger partial charge in [-0.1, -0.05) is 78.9 Å². The van der Waals surface area contributed by atoms with Gasteiger partial charge in [-0.15, -0.1) is 0 Å². The topological polar surface area (TPSA) is 58.6 Å². The Morgan fingerprint density at radius 1 is 0.882 bits per heavy atom. The van der Waals surface area contributed by atoms with Gasteiger partial charge in [-0.25, -0.2) is 0 Å². The van der Waals surface area contributed by atoms with E-state index in [0.29, 0.717) is 11.3 Å². The summed E-state index contributed by atoms with van der Waals surface area (Å²) < 4.78 is 5.65. The molecule has 1 heterocycles. The Balaban J connectivity index is 1.16. The van der Waals surface area contributed by atoms with E-state index >= 15 is 0 Å². The van der Waals surface area contributed by atoms with Crippen LogP contribution in [0.15, 0.2) is 91.0 Å². The van der Waals surface area contributed by atoms with Gasteiger partial charge in [0.2, 0.25) is 0 Å². The number of nitrogens with zero attached hydrogens (tertiary/aromatic N) is 1. The first-order valence-corrected chi connectivity index (χ1v) is 11.7. The number of ketones is 1. The van der Waals surface area contributed by atoms with Crippen molar-refractivity contribution >= 4 is 17.8 Å². The zero-order valence-corrected chi connectivity index (χ0v) is 19.2. The van der Waals surface area contributed by atoms with Gasteiger partial charge < -0.3 is 10.1 Å². The van der Waals surface area contributed by atoms with Crippen LogP contribution in [0.25, 0.3) is 6.08 Å². The van der Waals surface area contributed by atoms with Crippen molar-refractivity contribution in [3.05, 3.63) is 108 Å². The number of hydrogen-bond acceptors (Lipinski definition) is 4. The lowest BCUT2D eigenvalue weighted by Gasteiger charge is -2.32. The number of rotatable bonds is 9. The quantitative estimate of drug-likeness (QED) is 0.375. The highest BCUT2D eigenvalue weighted by Crippen LogP contribution is 2.15. The number of allylic oxidation sites excluding steroid dienone is 1. The molecule has 3 aromatic carbocycles. The lowest BCUT2D eigenvalue weighted by molar-refractivity contribution is -0.124. The van der Waals surface area contributed by atoms with Crippen LogP contribution in [0, 0.1) is 0 Å². The Labute approximate surface area is 201 Å². The van der Waals surface area contributed by atoms with Crippen LogP contribution in [0.1, 0.15) is 34.3 Å². The van der Waals surface area contributed by atoms with Gasteiger partial charge in [0.1, 0.15) is 5.75 Å². The molecule has 0 spiro atoms. The largest absolute Gasteiger partial charge is 0.484 e. The lowest BCUT2D eigenvalue weighted by atomic mass is 10.0. The van der Waals surface area contributed by atoms with E-state index in [2.05, 4.69) is 34.5 Å². The molecule has 0 unspecified atom stereocenters. The summed E-state index contributed by atoms with van der Waals surface area (Å²) in [7, 11) is 0. The van der Waals surface area contributed by atoms with Gasteiger partial charge in [-0.05, 0) is 42.2 Å². The van der Waals surface area contributed by atoms with Crippen molar-refractivity contribution in [3.8, 4) is 5.75 Å². The van der Waals surface area contributed by atoms with Crippen molar-refractivity contribution in [2.75, 3.05) is 19.7 Å². The number of hydrogen-bond donors (Lipinski definition) is 1. The van der Waals surface area contributed by atoms with Gasteiger partial charge in [0.25, 0.3) is 5.91 Å². The molecule has 1 aliphatic rings. The third-order valence-electron chi connectivity index (χ3n) is 5.94. The van der Waals surface area contributed by atoms with E-state index in [0.717, 1.165) is 38.0 Å². The third-order valence-corrected chi connectivity index (χ3v) is 5.94. The van der Waals surface area contributed by atoms with Crippen molar-refractivity contribution in [1.82, 2.24) is 10.2 Å². The average Bonchev–Trinajstić information content (AvgIpc) is 2.89. The smallest absolute Gasteiger partial charge is 0.258 e. The number of likely N-dealkylation sites (tertiary alicyclic amines) is 1. The van der Waals surface area contributed by atoms with Crippen molar-refractivity contribution < 1.29 is 14.3 Å². The molecule has 4 rings (SSSR count). The number of benzene rings is 3. The molecule has 34 heavy (non-hydrogen) atoms. The standard InChI is InChI=1S/C29H30N2O3/c32-28(25-9-5-2-6-10-25)16-13-23-11-14-27(15-12-23)34-22-29(33)30-26-17-19-31(20-18-26)21-24-7-3-1-4-8-24/h1-16,26H,17-22H2,(H,30,33)/b16-13+. The number of piperidine rings is 1. The molecule has 0 radical (unpaired) electrons. The summed E-state index contributed by atoms with van der Waals surface area (Å²) in [4.78, 5) is 26.9. The number of carbonyl (C=O) groups excluding carboxylic acids is 2. The van der Waals surface area contributed by atoms with E-state index in [9.17, 15) is 9.59 Å². The maximum absolute atomic E-state index is 12.3. The minimum Gasteiger partial charge on any atom is -0.484 e. The molecule has 3 aromatic rings. The Morgan fingerprint density at radius 3 is 2.21 bits per heavy atom. The van der Waals surface area contributed by atoms with Crippen LogP contribution >= 0.6 is 0 Å². The predicted octanol–water partition coefficient (Wildman–Crippen LogP) is 4.74. The van der Waals surface area contributed by atoms with Crippen molar-refractivity contribution in [3.63, 3.8) is 0 Å². The predicted molar refractivity (Wildman–Crippen MR) is 135 cm³/mol. The zero-order valence-electron chi connectivity index (χ0n) is 19.2. The molecule has 0 atom stereocenters. The van der Waals surface area contributed by atoms with Gasteiger partial charge in [0.15, 0.2) is 12.4 Å². The molecule has 1 N–H and O–H groups in total. The highest BCUT2D eigenvalue weighted by molar-refractivity contribution is 6.06. The lowest BCUT2D eigenvalue weighted by Crippen LogP contribution is -2.45. The van der Waals surface area contributed by atoms with E-state index < -0.39 is 0 Å². The molecule has 0 aliphatic carbocycles. The van der Waals surface area contributed by atoms with Gasteiger partial charge in [0, 0.05) is 31.2 Å². The minimum atomic E-state index is -0.0982. The molecule has 0 aromatic heterocycles. The summed E-state index contributed by atoms with van der Waals surface area (Å²) in [5.41, 5.74) is 2.87. The molecule has 1 amide bonds. The Bertz CT molecular complexity index is 1090. The van der Waals surface area contributed by atoms with Crippen molar-refractivity contribution in [2.45, 2.75) is 25.4 Å². The second-order valence-electron chi connectivity index (χ2n) is 8.52. The molecular formula is C29H30N2O3. The summed E-state index contributed by atoms with van der Waals surface area (Å²) >= 11 is 0. The molecule has 1 aliphatic heterocycles. The van der Waals surface area contributed by atoms with Gasteiger partial charge in [-0.2, -0.15) is 0 Å². The van der Waals surface area contributed by atoms with Crippen LogP contribution < -0.4 is 10.1 Å². The maximum atomic E-state index is 12.3. The maximum Gasteiger partial charge on any atom is 0.258 e. The molecule has 174 valence electrons. The highest BCUT2D eigenvalue weighted by atomic mass is 16.5. The third kappa shape index (κ3) is 7.15. The van der Waals surface area contributed by atoms with Gasteiger partial charge >= 0.3 is 0 Å². The Kier molecular flexibility index (Phi) is 8.25. The molecule has 0 bridgehead atoms. The highest BCUT2D eigenvalue weighted by Gasteiger charge is 2.20. The first kappa shape index (κ1) is 23.5. The molecule has 5 nitrogen and oxygen atoms in total. The van der Waals surface area contributed by atoms with Crippen LogP contribution in [-0.2, 0) is 11.3 Å². The molecular weight excluding hydrogens is 424 g/mol. The SMILES string of the molecule is O=C(COc1ccc(/C=C/C(=O)c2ccccc2)cc1)NC1CCN(Cc2ccccc2)CC1. The summed E-state index contributed by atoms with van der Waals surface area (Å²) in [6.07, 6.45) is 5.22. The Hall–Kier alpha value is -3.70. The van der Waals surface area contributed by atoms with E-state index in [1.165, 1.54) is 5.56 Å². The van der Waals surface area contributed by atoms with Crippen molar-refractivity contribution in [1.29, 1.82) is 0 Å². The number of amides is 1. The molecule has 1 fully saturated rings. The number of carbonyl (C=O) groups is 2. The fraction of sp³-hybridized carbons (Fsp3) is 0.241. The average molecular weight is 455 g/mol. The summed E-state index contributed by atoms with van der Waals surface area (Å²) in [6.45, 7) is 2.90. The second kappa shape index (κ2) is 12.0. The number of ether oxygens (including phenoxy) is 1. The Morgan fingerprint density at radius 2 is 1.53 bits per heavy atom. The summed E-state index contributed by atoms with van der Waals surface area (Å²) in [6, 6.07) is 27.2. The molecule has 1 saturated heterocycles. The van der Waals surface area contributed by atoms with E-state index in [-0.39, 0.29) is 24.3 Å². The minimum absolute atomic E-state index is 0.00803. The van der Waals surface area contributed by atoms with Crippen LogP contribution in [0.2, 0.25) is 0 Å². The van der Waals surface area contributed by atoms with Crippen LogP contribution in [0.4, 0.5) is 0 Å². The zero-order chi connectivity index (χ0) is 23.6. The normalized spacial score (nSPS) is 14.7. The molecule has 5 heteroatoms. The van der Waals surface area contributed by atoms with Crippen molar-refractivity contribution in [2.24, 2.45) is 0 Å². The fourth-order valence-corrected chi connectivity index (χ4v) is 4.04. The van der Waals surface area contributed by atoms with Crippen LogP contribution in [0.3, 0.4) is 0 Å². The first-order valence-electron chi connectivity index (χ1n) is 11.7. The number of nitrogens with one attached hydrogen (secondary N) is 1. The van der Waals surface area contributed by atoms with Crippen LogP contribution in [0.5, 0.6) is 5.75 Å². The second-order valence-corrected chi connectivity index (χ2v) is 8.52. The monoisotopic (exact) mass is 454 g/mol. The fourth-order valence-electron chi connectivity index (χ4n) is 4.04. The molecule has 0 saturated carbocycles. The van der Waals surface area contributed by atoms with E-state index in [4.69, 9.17) is 4.74 Å². The summed E-state index contributed by atoms with van der Waals surface area (Å²) in [5.74, 6) is 0.488.